The zero-order valence-corrected chi connectivity index (χ0v) is 15.3. The Bertz CT molecular complexity index is 711. The average Bonchev–Trinajstić information content (AvgIpc) is 2.63. The van der Waals surface area contributed by atoms with E-state index in [0.717, 1.165) is 5.75 Å². The molecule has 0 saturated carbocycles. The number of guanidine groups is 1. The molecular formula is C20H26FN3O. The highest BCUT2D eigenvalue weighted by atomic mass is 19.1. The van der Waals surface area contributed by atoms with E-state index in [4.69, 9.17) is 4.74 Å². The van der Waals surface area contributed by atoms with Crippen LogP contribution in [0, 0.1) is 5.82 Å². The van der Waals surface area contributed by atoms with Gasteiger partial charge in [0.1, 0.15) is 11.6 Å². The molecule has 2 aromatic carbocycles. The maximum absolute atomic E-state index is 13.7. The number of ether oxygens (including phenoxy) is 1. The zero-order chi connectivity index (χ0) is 18.3. The fourth-order valence-corrected chi connectivity index (χ4v) is 2.49. The lowest BCUT2D eigenvalue weighted by molar-refractivity contribution is 0.414. The Kier molecular flexibility index (Phi) is 6.39. The highest BCUT2D eigenvalue weighted by Gasteiger charge is 2.21. The highest BCUT2D eigenvalue weighted by Crippen LogP contribution is 2.24. The van der Waals surface area contributed by atoms with E-state index in [-0.39, 0.29) is 11.2 Å². The van der Waals surface area contributed by atoms with Crippen molar-refractivity contribution in [2.45, 2.75) is 25.8 Å². The van der Waals surface area contributed by atoms with Crippen molar-refractivity contribution < 1.29 is 9.13 Å². The number of nitrogens with zero attached hydrogens (tertiary/aromatic N) is 1. The Morgan fingerprint density at radius 3 is 2.36 bits per heavy atom. The molecule has 2 aromatic rings. The molecule has 0 atom stereocenters. The predicted octanol–water partition coefficient (Wildman–Crippen LogP) is 3.48. The molecule has 0 amide bonds. The Labute approximate surface area is 149 Å². The second kappa shape index (κ2) is 8.51. The summed E-state index contributed by atoms with van der Waals surface area (Å²) in [6, 6.07) is 14.8. The number of hydrogen-bond acceptors (Lipinski definition) is 2. The number of methoxy groups -OCH3 is 1. The van der Waals surface area contributed by atoms with Gasteiger partial charge in [-0.1, -0.05) is 44.2 Å². The van der Waals surface area contributed by atoms with Crippen molar-refractivity contribution in [3.63, 3.8) is 0 Å². The van der Waals surface area contributed by atoms with Crippen LogP contribution in [-0.4, -0.2) is 26.7 Å². The van der Waals surface area contributed by atoms with Crippen molar-refractivity contribution in [1.29, 1.82) is 0 Å². The molecule has 4 nitrogen and oxygen atoms in total. The molecule has 0 saturated heterocycles. The summed E-state index contributed by atoms with van der Waals surface area (Å²) in [6.07, 6.45) is 0. The molecule has 0 unspecified atom stereocenters. The Hall–Kier alpha value is -2.56. The third-order valence-corrected chi connectivity index (χ3v) is 4.20. The summed E-state index contributed by atoms with van der Waals surface area (Å²) in [4.78, 5) is 4.21. The first-order chi connectivity index (χ1) is 12.0. The van der Waals surface area contributed by atoms with Crippen LogP contribution in [0.1, 0.15) is 25.0 Å². The molecule has 5 heteroatoms. The smallest absolute Gasteiger partial charge is 0.191 e. The molecule has 0 spiro atoms. The minimum absolute atomic E-state index is 0.0953. The van der Waals surface area contributed by atoms with Crippen molar-refractivity contribution in [2.75, 3.05) is 20.7 Å². The van der Waals surface area contributed by atoms with Gasteiger partial charge >= 0.3 is 0 Å². The Morgan fingerprint density at radius 1 is 1.08 bits per heavy atom. The first-order valence-electron chi connectivity index (χ1n) is 8.29. The van der Waals surface area contributed by atoms with Crippen LogP contribution >= 0.6 is 0 Å². The minimum atomic E-state index is -0.219. The number of nitrogens with one attached hydrogen (secondary N) is 2. The lowest BCUT2D eigenvalue weighted by Crippen LogP contribution is -2.43. The maximum atomic E-state index is 13.7. The van der Waals surface area contributed by atoms with Crippen LogP contribution < -0.4 is 15.4 Å². The van der Waals surface area contributed by atoms with Gasteiger partial charge in [0, 0.05) is 31.1 Å². The molecule has 0 aliphatic carbocycles. The zero-order valence-electron chi connectivity index (χ0n) is 15.3. The van der Waals surface area contributed by atoms with E-state index in [1.165, 1.54) is 11.6 Å². The predicted molar refractivity (Wildman–Crippen MR) is 101 cm³/mol. The van der Waals surface area contributed by atoms with E-state index in [1.54, 1.807) is 26.3 Å². The van der Waals surface area contributed by atoms with Gasteiger partial charge in [0.25, 0.3) is 0 Å². The largest absolute Gasteiger partial charge is 0.497 e. The maximum Gasteiger partial charge on any atom is 0.191 e. The van der Waals surface area contributed by atoms with Crippen LogP contribution in [0.2, 0.25) is 0 Å². The van der Waals surface area contributed by atoms with Gasteiger partial charge in [-0.25, -0.2) is 4.39 Å². The number of aliphatic imine (C=N–C) groups is 1. The van der Waals surface area contributed by atoms with Crippen LogP contribution in [0.4, 0.5) is 4.39 Å². The molecule has 0 fully saturated rings. The molecule has 2 N–H and O–H groups in total. The standard InChI is InChI=1S/C20H26FN3O/c1-20(2,16-9-11-17(25-4)12-10-16)14-24-19(22-3)23-13-15-7-5-6-8-18(15)21/h5-12H,13-14H2,1-4H3,(H2,22,23,24). The normalized spacial score (nSPS) is 12.0. The molecule has 0 radical (unpaired) electrons. The Balaban J connectivity index is 1.93. The van der Waals surface area contributed by atoms with Crippen molar-refractivity contribution in [3.05, 3.63) is 65.5 Å². The third-order valence-electron chi connectivity index (χ3n) is 4.20. The minimum Gasteiger partial charge on any atom is -0.497 e. The summed E-state index contributed by atoms with van der Waals surface area (Å²) >= 11 is 0. The van der Waals surface area contributed by atoms with E-state index < -0.39 is 0 Å². The lowest BCUT2D eigenvalue weighted by atomic mass is 9.84. The van der Waals surface area contributed by atoms with Gasteiger partial charge in [0.05, 0.1) is 7.11 Å². The highest BCUT2D eigenvalue weighted by molar-refractivity contribution is 5.79. The first kappa shape index (κ1) is 18.8. The van der Waals surface area contributed by atoms with Gasteiger partial charge in [0.15, 0.2) is 5.96 Å². The third kappa shape index (κ3) is 5.21. The van der Waals surface area contributed by atoms with E-state index in [0.29, 0.717) is 24.6 Å². The van der Waals surface area contributed by atoms with Gasteiger partial charge in [0.2, 0.25) is 0 Å². The van der Waals surface area contributed by atoms with Crippen molar-refractivity contribution in [2.24, 2.45) is 4.99 Å². The molecule has 2 rings (SSSR count). The molecule has 0 aliphatic rings. The van der Waals surface area contributed by atoms with E-state index >= 15 is 0 Å². The number of halogens is 1. The molecule has 0 aromatic heterocycles. The monoisotopic (exact) mass is 343 g/mol. The van der Waals surface area contributed by atoms with Crippen LogP contribution in [0.5, 0.6) is 5.75 Å². The van der Waals surface area contributed by atoms with Crippen LogP contribution in [-0.2, 0) is 12.0 Å². The van der Waals surface area contributed by atoms with Gasteiger partial charge < -0.3 is 15.4 Å². The molecule has 0 aliphatic heterocycles. The summed E-state index contributed by atoms with van der Waals surface area (Å²) < 4.78 is 18.9. The topological polar surface area (TPSA) is 45.7 Å². The van der Waals surface area contributed by atoms with Crippen LogP contribution in [0.25, 0.3) is 0 Å². The number of hydrogen-bond donors (Lipinski definition) is 2. The summed E-state index contributed by atoms with van der Waals surface area (Å²) in [5.74, 6) is 1.27. The molecule has 0 bridgehead atoms. The van der Waals surface area contributed by atoms with E-state index in [2.05, 4.69) is 41.6 Å². The van der Waals surface area contributed by atoms with Gasteiger partial charge in [-0.2, -0.15) is 0 Å². The quantitative estimate of drug-likeness (QED) is 0.623. The van der Waals surface area contributed by atoms with Crippen molar-refractivity contribution in [3.8, 4) is 5.75 Å². The van der Waals surface area contributed by atoms with Crippen molar-refractivity contribution in [1.82, 2.24) is 10.6 Å². The van der Waals surface area contributed by atoms with Crippen LogP contribution in [0.15, 0.2) is 53.5 Å². The number of benzene rings is 2. The van der Waals surface area contributed by atoms with E-state index in [9.17, 15) is 4.39 Å². The average molecular weight is 343 g/mol. The molecule has 0 heterocycles. The van der Waals surface area contributed by atoms with E-state index in [1.807, 2.05) is 18.2 Å². The first-order valence-corrected chi connectivity index (χ1v) is 8.29. The summed E-state index contributed by atoms with van der Waals surface area (Å²) in [5.41, 5.74) is 1.72. The SMILES string of the molecule is CN=C(NCc1ccccc1F)NCC(C)(C)c1ccc(OC)cc1. The second-order valence-corrected chi connectivity index (χ2v) is 6.48. The summed E-state index contributed by atoms with van der Waals surface area (Å²) in [5, 5.41) is 6.46. The molecule has 134 valence electrons. The van der Waals surface area contributed by atoms with Gasteiger partial charge in [-0.3, -0.25) is 4.99 Å². The van der Waals surface area contributed by atoms with Crippen LogP contribution in [0.3, 0.4) is 0 Å². The summed E-state index contributed by atoms with van der Waals surface area (Å²) in [6.45, 7) is 5.39. The van der Waals surface area contributed by atoms with Gasteiger partial charge in [-0.05, 0) is 23.8 Å². The molecule has 25 heavy (non-hydrogen) atoms. The Morgan fingerprint density at radius 2 is 1.76 bits per heavy atom. The summed E-state index contributed by atoms with van der Waals surface area (Å²) in [7, 11) is 3.37. The van der Waals surface area contributed by atoms with Crippen molar-refractivity contribution >= 4 is 5.96 Å². The fraction of sp³-hybridized carbons (Fsp3) is 0.350. The lowest BCUT2D eigenvalue weighted by Gasteiger charge is -2.27. The van der Waals surface area contributed by atoms with Gasteiger partial charge in [-0.15, -0.1) is 0 Å². The fourth-order valence-electron chi connectivity index (χ4n) is 2.49. The second-order valence-electron chi connectivity index (χ2n) is 6.48. The number of rotatable bonds is 6. The molecular weight excluding hydrogens is 317 g/mol.